The van der Waals surface area contributed by atoms with E-state index in [4.69, 9.17) is 53.1 Å². The highest BCUT2D eigenvalue weighted by atomic mass is 16.6. The predicted octanol–water partition coefficient (Wildman–Crippen LogP) is 8.12. The molecule has 2 aromatic carbocycles. The number of benzene rings is 2. The number of rotatable bonds is 60. The molecule has 10 rings (SSSR count). The molecule has 768 valence electrons. The Kier molecular flexibility index (Phi) is 44.9. The van der Waals surface area contributed by atoms with E-state index in [-0.39, 0.29) is 143 Å². The molecule has 36 heteroatoms. The smallest absolute Gasteiger partial charge is 0.312 e. The number of phenolic OH excluding ortho intramolecular Hbond substituents is 1. The van der Waals surface area contributed by atoms with Gasteiger partial charge in [0, 0.05) is 64.0 Å². The number of ketones is 2. The summed E-state index contributed by atoms with van der Waals surface area (Å²) >= 11 is 0. The molecule has 0 radical (unpaired) electrons. The molecule has 8 aliphatic rings. The number of ether oxygens (including phenoxy) is 10. The Morgan fingerprint density at radius 2 is 1.04 bits per heavy atom. The van der Waals surface area contributed by atoms with E-state index < -0.39 is 69.7 Å². The number of allylic oxidation sites excluding steroid dienone is 2. The number of hydrazine groups is 4. The molecule has 2 heterocycles. The van der Waals surface area contributed by atoms with Crippen molar-refractivity contribution in [3.8, 4) is 5.75 Å². The second-order valence-corrected chi connectivity index (χ2v) is 40.7. The molecule has 2 unspecified atom stereocenters. The van der Waals surface area contributed by atoms with Crippen molar-refractivity contribution in [1.29, 1.82) is 0 Å². The van der Waals surface area contributed by atoms with Gasteiger partial charge < -0.3 is 105 Å². The molecule has 0 bridgehead atoms. The number of carbonyl (C=O) groups is 10. The molecule has 0 saturated heterocycles. The highest BCUT2D eigenvalue weighted by molar-refractivity contribution is 6.01. The number of Topliss-reactive ketones (excluding diaryl/α,β-unsaturated/α-hetero) is 2. The summed E-state index contributed by atoms with van der Waals surface area (Å²) in [6.07, 6.45) is 18.6. The van der Waals surface area contributed by atoms with E-state index in [1.165, 1.54) is 11.3 Å². The summed E-state index contributed by atoms with van der Waals surface area (Å²) in [6.45, 7) is 19.6. The molecule has 2 aliphatic heterocycles. The van der Waals surface area contributed by atoms with Crippen molar-refractivity contribution in [2.75, 3.05) is 185 Å². The lowest BCUT2D eigenvalue weighted by Gasteiger charge is -2.56. The maximum atomic E-state index is 15.1. The van der Waals surface area contributed by atoms with Crippen LogP contribution in [0.1, 0.15) is 244 Å². The van der Waals surface area contributed by atoms with Crippen LogP contribution < -0.4 is 64.9 Å². The Balaban J connectivity index is 0.688. The molecule has 6 aliphatic carbocycles. The lowest BCUT2D eigenvalue weighted by Crippen LogP contribution is -2.60. The number of hydrogen-bond acceptors (Lipinski definition) is 27. The van der Waals surface area contributed by atoms with Crippen LogP contribution in [0.25, 0.3) is 0 Å². The third-order valence-electron chi connectivity index (χ3n) is 29.1. The average Bonchev–Trinajstić information content (AvgIpc) is 1.15. The predicted molar refractivity (Wildman–Crippen MR) is 517 cm³/mol. The van der Waals surface area contributed by atoms with E-state index in [2.05, 4.69) is 94.1 Å². The first-order valence-electron chi connectivity index (χ1n) is 50.8. The topological polar surface area (TPSA) is 448 Å². The van der Waals surface area contributed by atoms with Crippen molar-refractivity contribution in [3.63, 3.8) is 0 Å². The molecule has 0 spiro atoms. The number of carbonyl (C=O) groups excluding carboxylic acids is 10. The van der Waals surface area contributed by atoms with Gasteiger partial charge in [-0.15, -0.1) is 11.1 Å². The van der Waals surface area contributed by atoms with Crippen LogP contribution in [0.15, 0.2) is 59.2 Å². The third-order valence-corrected chi connectivity index (χ3v) is 29.1. The molecule has 14 N–H and O–H groups in total. The zero-order valence-corrected chi connectivity index (χ0v) is 83.6. The van der Waals surface area contributed by atoms with Gasteiger partial charge >= 0.3 is 6.03 Å². The van der Waals surface area contributed by atoms with Crippen LogP contribution in [0.3, 0.4) is 0 Å². The number of fused-ring (bicyclic) bond motifs is 6. The Morgan fingerprint density at radius 1 is 0.511 bits per heavy atom. The highest BCUT2D eigenvalue weighted by Crippen LogP contribution is 2.60. The number of anilines is 1. The van der Waals surface area contributed by atoms with E-state index >= 15 is 4.79 Å². The van der Waals surface area contributed by atoms with Gasteiger partial charge in [0.2, 0.25) is 41.4 Å². The zero-order chi connectivity index (χ0) is 98.4. The Bertz CT molecular complexity index is 4320. The van der Waals surface area contributed by atoms with Crippen LogP contribution in [0.5, 0.6) is 5.75 Å². The number of hydrogen-bond donors (Lipinski definition) is 13. The number of imide groups is 1. The van der Waals surface area contributed by atoms with Gasteiger partial charge in [-0.05, 0) is 204 Å². The SMILES string of the molecule is CC(C)[C@H](NC(=O)[C@@H](CCCCNC(=O)COC1CCCCCC2=C1NNN2CCOCCOCCOCCOCCC(=O)NCC[N+](C)(C)C)NC(=O)CCOCCOCCOCCOCCCC(=O)COC1CCCCCC2=C1NNN2C)C(=O)C[C@@H](CCCNC(N)=O)C(=O)Nc1ccc2c(c1)[C@@]1(C)CCC[C@](C)(C(=O)NC(=O)[C@@]3(C)CCC[C@]4(C)c5cc(O)ccc5CC[C@@H]34)[C@@H]1CC2. The fraction of sp³-hybridized carbons (Fsp3) is 0.743. The number of quaternary nitrogens is 1. The van der Waals surface area contributed by atoms with Gasteiger partial charge in [-0.3, -0.25) is 58.5 Å². The van der Waals surface area contributed by atoms with E-state index in [0.717, 1.165) is 148 Å². The number of unbranched alkanes of at least 4 members (excludes halogenated alkanes) is 1. The van der Waals surface area contributed by atoms with Crippen molar-refractivity contribution in [3.05, 3.63) is 81.4 Å². The number of urea groups is 1. The van der Waals surface area contributed by atoms with E-state index in [0.29, 0.717) is 162 Å². The fourth-order valence-electron chi connectivity index (χ4n) is 21.4. The summed E-state index contributed by atoms with van der Waals surface area (Å²) in [7, 11) is 8.21. The van der Waals surface area contributed by atoms with Crippen molar-refractivity contribution < 1.29 is 105 Å². The minimum Gasteiger partial charge on any atom is -0.508 e. The number of nitrogens with two attached hydrogens (primary N) is 1. The molecule has 9 amide bonds. The molecule has 0 aromatic heterocycles. The largest absolute Gasteiger partial charge is 0.508 e. The third kappa shape index (κ3) is 33.6. The first-order valence-corrected chi connectivity index (χ1v) is 50.8. The standard InChI is InChI=1S/C101H163N15O21/c1-70(2)90(82(119)65-73(23-19-45-105-97(102)127)93(123)106-74-34-30-71-32-36-85-98(3,77(71)66-74)40-21-42-100(85,5)95(125)109-96(126)101(6)43-22-41-99(4)78-67-75(117)35-31-72(78)33-37-86(99)101)108-94(124)79(107-88(121)39-51-130-55-59-134-62-61-132-57-53-128-49-20-24-76(118)68-136-83-28-15-11-13-26-80-91(83)110-112-114(80)7)25-17-18-44-103-89(122)69-137-84-29-16-12-14-27-81-92(84)111-113-115(81)47-52-131-56-60-135-64-63-133-58-54-129-50-38-87(120)104-46-48-116(8,9)10/h30-31,34-35,66-67,70,73,79,83-86,90,110-113H,11-29,32-33,36-65,68-69H2,1-10H3,(H9-,102,103,104,105,106,107,108,109,117,120,121,122,123,124,125,126,127)/p+1/t73-,79-,83?,84?,85-,86-,90+,98-,99-,100+,101+/m1/s1. The van der Waals surface area contributed by atoms with E-state index in [1.807, 2.05) is 61.2 Å². The monoisotopic (exact) mass is 1920 g/mol. The van der Waals surface area contributed by atoms with Gasteiger partial charge in [0.15, 0.2) is 11.6 Å². The minimum atomic E-state index is -1.12. The lowest BCUT2D eigenvalue weighted by atomic mass is 9.49. The van der Waals surface area contributed by atoms with E-state index in [9.17, 15) is 48.3 Å². The minimum absolute atomic E-state index is 0.0111. The summed E-state index contributed by atoms with van der Waals surface area (Å²) in [5.74, 6) is -4.18. The quantitative estimate of drug-likeness (QED) is 0.0169. The molecular weight excluding hydrogens is 1760 g/mol. The van der Waals surface area contributed by atoms with Crippen molar-refractivity contribution in [2.45, 2.75) is 269 Å². The maximum absolute atomic E-state index is 15.1. The summed E-state index contributed by atoms with van der Waals surface area (Å²) in [4.78, 5) is 139. The normalized spacial score (nSPS) is 23.2. The van der Waals surface area contributed by atoms with Gasteiger partial charge in [-0.2, -0.15) is 0 Å². The lowest BCUT2D eigenvalue weighted by molar-refractivity contribution is -0.869. The molecule has 11 atom stereocenters. The number of aryl methyl sites for hydroxylation is 2. The first-order chi connectivity index (χ1) is 65.8. The maximum Gasteiger partial charge on any atom is 0.312 e. The average molecular weight is 1920 g/mol. The summed E-state index contributed by atoms with van der Waals surface area (Å²) in [6, 6.07) is 8.50. The number of nitrogens with zero attached hydrogens (tertiary/aromatic N) is 3. The van der Waals surface area contributed by atoms with Gasteiger partial charge in [-0.1, -0.05) is 92.2 Å². The Hall–Kier alpha value is -8.50. The first kappa shape index (κ1) is 110. The van der Waals surface area contributed by atoms with Crippen LogP contribution in [-0.2, 0) is 114 Å². The number of likely N-dealkylation sites (N-methyl/N-ethyl adjacent to an activating group) is 1. The molecule has 36 nitrogen and oxygen atoms in total. The zero-order valence-electron chi connectivity index (χ0n) is 83.6. The summed E-state index contributed by atoms with van der Waals surface area (Å²) in [5.41, 5.74) is 24.9. The summed E-state index contributed by atoms with van der Waals surface area (Å²) in [5, 5.41) is 35.2. The molecule has 137 heavy (non-hydrogen) atoms. The number of phenols is 1. The van der Waals surface area contributed by atoms with Gasteiger partial charge in [0.25, 0.3) is 0 Å². The Labute approximate surface area is 811 Å². The fourth-order valence-corrected chi connectivity index (χ4v) is 21.4. The number of aromatic hydroxyl groups is 1. The van der Waals surface area contributed by atoms with Crippen molar-refractivity contribution in [1.82, 2.24) is 63.8 Å². The van der Waals surface area contributed by atoms with Crippen LogP contribution in [0, 0.1) is 34.5 Å². The van der Waals surface area contributed by atoms with Crippen LogP contribution in [0.2, 0.25) is 0 Å². The molecular formula is C101H164N15O21+. The summed E-state index contributed by atoms with van der Waals surface area (Å²) < 4.78 is 58.9. The van der Waals surface area contributed by atoms with Crippen molar-refractivity contribution >= 4 is 64.6 Å². The van der Waals surface area contributed by atoms with Gasteiger partial charge in [0.1, 0.15) is 37.2 Å². The van der Waals surface area contributed by atoms with E-state index in [1.54, 1.807) is 19.9 Å². The van der Waals surface area contributed by atoms with Gasteiger partial charge in [-0.25, -0.2) is 4.79 Å². The second-order valence-electron chi connectivity index (χ2n) is 40.7. The van der Waals surface area contributed by atoms with Crippen LogP contribution >= 0.6 is 0 Å². The molecule has 2 saturated carbocycles. The van der Waals surface area contributed by atoms with Gasteiger partial charge in [0.05, 0.1) is 180 Å². The van der Waals surface area contributed by atoms with Crippen LogP contribution in [-0.4, -0.2) is 283 Å². The number of nitrogens with one attached hydrogen (secondary N) is 11. The highest BCUT2D eigenvalue weighted by Gasteiger charge is 2.59. The number of primary amides is 1. The second kappa shape index (κ2) is 55.6. The number of amides is 9. The molecule has 2 aromatic rings. The Morgan fingerprint density at radius 3 is 1.63 bits per heavy atom. The van der Waals surface area contributed by atoms with Crippen LogP contribution in [0.4, 0.5) is 10.5 Å². The van der Waals surface area contributed by atoms with Crippen molar-refractivity contribution in [2.24, 2.45) is 40.2 Å². The molecule has 2 fully saturated rings.